The van der Waals surface area contributed by atoms with E-state index in [0.29, 0.717) is 46.1 Å². The van der Waals surface area contributed by atoms with E-state index < -0.39 is 0 Å². The van der Waals surface area contributed by atoms with Crippen molar-refractivity contribution >= 4 is 28.9 Å². The Hall–Kier alpha value is -0.820. The molecule has 0 radical (unpaired) electrons. The number of unbranched alkanes of at least 4 members (excludes halogenated alkanes) is 3. The smallest absolute Gasteiger partial charge is 0.248 e. The van der Waals surface area contributed by atoms with Crippen LogP contribution in [0.1, 0.15) is 38.3 Å². The molecule has 28 heavy (non-hydrogen) atoms. The SMILES string of the molecule is CCCCCCn1cc(COCCOCCOCC(=O)N2CC(OI)C2)nn1. The van der Waals surface area contributed by atoms with E-state index in [4.69, 9.17) is 17.3 Å². The molecule has 0 aliphatic carbocycles. The average molecular weight is 510 g/mol. The van der Waals surface area contributed by atoms with E-state index in [1.54, 1.807) is 4.90 Å². The number of likely N-dealkylation sites (tertiary alicyclic amines) is 1. The predicted molar refractivity (Wildman–Crippen MR) is 111 cm³/mol. The number of rotatable bonds is 16. The second-order valence-corrected chi connectivity index (χ2v) is 7.27. The van der Waals surface area contributed by atoms with Gasteiger partial charge in [-0.2, -0.15) is 0 Å². The molecule has 10 heteroatoms. The first-order valence-corrected chi connectivity index (χ1v) is 10.8. The predicted octanol–water partition coefficient (Wildman–Crippen LogP) is 1.99. The Balaban J connectivity index is 1.38. The van der Waals surface area contributed by atoms with Crippen molar-refractivity contribution in [1.29, 1.82) is 0 Å². The number of carbonyl (C=O) groups is 1. The number of aromatic nitrogens is 3. The Bertz CT molecular complexity index is 554. The van der Waals surface area contributed by atoms with Crippen LogP contribution >= 0.6 is 23.0 Å². The van der Waals surface area contributed by atoms with Gasteiger partial charge in [-0.05, 0) is 6.42 Å². The van der Waals surface area contributed by atoms with Crippen LogP contribution in [0.15, 0.2) is 6.20 Å². The summed E-state index contributed by atoms with van der Waals surface area (Å²) in [5, 5.41) is 8.22. The number of amides is 1. The van der Waals surface area contributed by atoms with Crippen molar-refractivity contribution in [2.24, 2.45) is 0 Å². The van der Waals surface area contributed by atoms with Crippen LogP contribution in [0.5, 0.6) is 0 Å². The Kier molecular flexibility index (Phi) is 11.9. The number of nitrogens with zero attached hydrogens (tertiary/aromatic N) is 4. The Labute approximate surface area is 180 Å². The van der Waals surface area contributed by atoms with Crippen LogP contribution < -0.4 is 0 Å². The van der Waals surface area contributed by atoms with Gasteiger partial charge in [-0.15, -0.1) is 5.10 Å². The monoisotopic (exact) mass is 510 g/mol. The van der Waals surface area contributed by atoms with Crippen LogP contribution in [-0.4, -0.2) is 78.0 Å². The average Bonchev–Trinajstić information content (AvgIpc) is 3.11. The summed E-state index contributed by atoms with van der Waals surface area (Å²) >= 11 is 1.86. The Morgan fingerprint density at radius 2 is 1.89 bits per heavy atom. The molecule has 1 saturated heterocycles. The second kappa shape index (κ2) is 14.2. The normalized spacial score (nSPS) is 14.4. The van der Waals surface area contributed by atoms with Crippen molar-refractivity contribution in [3.8, 4) is 0 Å². The van der Waals surface area contributed by atoms with Gasteiger partial charge in [-0.25, -0.2) is 0 Å². The maximum absolute atomic E-state index is 11.8. The molecule has 9 nitrogen and oxygen atoms in total. The largest absolute Gasteiger partial charge is 0.377 e. The molecule has 1 aromatic rings. The number of hydrogen-bond acceptors (Lipinski definition) is 7. The molecule has 160 valence electrons. The van der Waals surface area contributed by atoms with Gasteiger partial charge in [0.25, 0.3) is 0 Å². The first-order valence-electron chi connectivity index (χ1n) is 9.90. The topological polar surface area (TPSA) is 87.9 Å². The lowest BCUT2D eigenvalue weighted by atomic mass is 10.2. The first kappa shape index (κ1) is 23.5. The lowest BCUT2D eigenvalue weighted by Gasteiger charge is -2.37. The third-order valence-electron chi connectivity index (χ3n) is 4.37. The maximum Gasteiger partial charge on any atom is 0.248 e. The van der Waals surface area contributed by atoms with Gasteiger partial charge in [-0.3, -0.25) is 9.48 Å². The van der Waals surface area contributed by atoms with Gasteiger partial charge in [0.2, 0.25) is 5.91 Å². The summed E-state index contributed by atoms with van der Waals surface area (Å²) in [4.78, 5) is 13.5. The maximum atomic E-state index is 11.8. The summed E-state index contributed by atoms with van der Waals surface area (Å²) in [6.45, 7) is 6.69. The fourth-order valence-corrected chi connectivity index (χ4v) is 3.00. The zero-order valence-electron chi connectivity index (χ0n) is 16.6. The Morgan fingerprint density at radius 3 is 2.64 bits per heavy atom. The summed E-state index contributed by atoms with van der Waals surface area (Å²) in [5.74, 6) is -0.00792. The van der Waals surface area contributed by atoms with Crippen molar-refractivity contribution in [3.63, 3.8) is 0 Å². The summed E-state index contributed by atoms with van der Waals surface area (Å²) in [6, 6.07) is 0. The molecule has 0 N–H and O–H groups in total. The number of ether oxygens (including phenoxy) is 3. The molecule has 1 amide bonds. The van der Waals surface area contributed by atoms with Gasteiger partial charge in [0, 0.05) is 19.6 Å². The van der Waals surface area contributed by atoms with Crippen LogP contribution in [0.25, 0.3) is 0 Å². The van der Waals surface area contributed by atoms with Gasteiger partial charge >= 0.3 is 0 Å². The minimum Gasteiger partial charge on any atom is -0.377 e. The van der Waals surface area contributed by atoms with E-state index in [-0.39, 0.29) is 18.6 Å². The Morgan fingerprint density at radius 1 is 1.14 bits per heavy atom. The van der Waals surface area contributed by atoms with Gasteiger partial charge < -0.3 is 22.2 Å². The molecule has 0 spiro atoms. The van der Waals surface area contributed by atoms with Crippen LogP contribution in [0.2, 0.25) is 0 Å². The highest BCUT2D eigenvalue weighted by Crippen LogP contribution is 2.14. The van der Waals surface area contributed by atoms with E-state index in [9.17, 15) is 4.79 Å². The highest BCUT2D eigenvalue weighted by Gasteiger charge is 2.30. The van der Waals surface area contributed by atoms with Gasteiger partial charge in [0.1, 0.15) is 41.4 Å². The van der Waals surface area contributed by atoms with E-state index in [2.05, 4.69) is 17.2 Å². The second-order valence-electron chi connectivity index (χ2n) is 6.76. The van der Waals surface area contributed by atoms with E-state index in [0.717, 1.165) is 18.7 Å². The standard InChI is InChI=1S/C18H31IN4O5/c1-2-3-4-5-6-23-11-16(20-21-23)14-26-9-7-25-8-10-27-15-18(24)22-12-17(13-22)28-19/h11,17H,2-10,12-15H2,1H3. The van der Waals surface area contributed by atoms with Gasteiger partial charge in [-0.1, -0.05) is 31.4 Å². The van der Waals surface area contributed by atoms with Crippen LogP contribution in [0, 0.1) is 0 Å². The van der Waals surface area contributed by atoms with Crippen molar-refractivity contribution in [2.75, 3.05) is 46.1 Å². The fourth-order valence-electron chi connectivity index (χ4n) is 2.68. The van der Waals surface area contributed by atoms with Crippen LogP contribution in [-0.2, 0) is 35.2 Å². The van der Waals surface area contributed by atoms with Gasteiger partial charge in [0.15, 0.2) is 0 Å². The fraction of sp³-hybridized carbons (Fsp3) is 0.833. The minimum absolute atomic E-state index is 0.00792. The molecule has 0 unspecified atom stereocenters. The van der Waals surface area contributed by atoms with Crippen molar-refractivity contribution in [2.45, 2.75) is 51.9 Å². The third-order valence-corrected chi connectivity index (χ3v) is 5.09. The molecule has 2 rings (SSSR count). The van der Waals surface area contributed by atoms with Crippen LogP contribution in [0.3, 0.4) is 0 Å². The molecule has 0 atom stereocenters. The van der Waals surface area contributed by atoms with Crippen molar-refractivity contribution in [3.05, 3.63) is 11.9 Å². The molecule has 0 aromatic carbocycles. The van der Waals surface area contributed by atoms with E-state index in [1.807, 2.05) is 33.9 Å². The molecule has 1 aliphatic rings. The number of hydrogen-bond donors (Lipinski definition) is 0. The molecule has 1 aromatic heterocycles. The molecule has 1 aliphatic heterocycles. The third kappa shape index (κ3) is 9.12. The zero-order chi connectivity index (χ0) is 20.0. The summed E-state index contributed by atoms with van der Waals surface area (Å²) in [5.41, 5.74) is 0.832. The molecule has 0 saturated carbocycles. The zero-order valence-corrected chi connectivity index (χ0v) is 18.7. The molecular weight excluding hydrogens is 479 g/mol. The van der Waals surface area contributed by atoms with Crippen molar-refractivity contribution < 1.29 is 22.1 Å². The van der Waals surface area contributed by atoms with Crippen LogP contribution in [0.4, 0.5) is 0 Å². The highest BCUT2D eigenvalue weighted by molar-refractivity contribution is 14.1. The summed E-state index contributed by atoms with van der Waals surface area (Å²) in [7, 11) is 0. The lowest BCUT2D eigenvalue weighted by molar-refractivity contribution is -0.144. The first-order chi connectivity index (χ1) is 13.7. The van der Waals surface area contributed by atoms with E-state index >= 15 is 0 Å². The number of carbonyl (C=O) groups excluding carboxylic acids is 1. The molecule has 1 fully saturated rings. The van der Waals surface area contributed by atoms with Gasteiger partial charge in [0.05, 0.1) is 39.2 Å². The molecule has 0 bridgehead atoms. The quantitative estimate of drug-likeness (QED) is 0.248. The van der Waals surface area contributed by atoms with E-state index in [1.165, 1.54) is 19.3 Å². The van der Waals surface area contributed by atoms with Crippen molar-refractivity contribution in [1.82, 2.24) is 19.9 Å². The molecular formula is C18H31IN4O5. The number of aryl methyl sites for hydroxylation is 1. The summed E-state index contributed by atoms with van der Waals surface area (Å²) < 4.78 is 23.3. The lowest BCUT2D eigenvalue weighted by Crippen LogP contribution is -2.54. The highest BCUT2D eigenvalue weighted by atomic mass is 127. The minimum atomic E-state index is -0.00792. The molecule has 2 heterocycles. The summed E-state index contributed by atoms with van der Waals surface area (Å²) in [6.07, 6.45) is 6.94. The number of halogens is 1.